The number of allylic oxidation sites excluding steroid dienone is 2. The van der Waals surface area contributed by atoms with E-state index in [1.165, 1.54) is 22.4 Å². The van der Waals surface area contributed by atoms with Crippen molar-refractivity contribution in [3.05, 3.63) is 70.8 Å². The lowest BCUT2D eigenvalue weighted by Gasteiger charge is -2.24. The zero-order valence-electron chi connectivity index (χ0n) is 15.2. The summed E-state index contributed by atoms with van der Waals surface area (Å²) in [5.41, 5.74) is 10.5. The molecule has 1 unspecified atom stereocenters. The second-order valence-electron chi connectivity index (χ2n) is 7.12. The van der Waals surface area contributed by atoms with Crippen molar-refractivity contribution in [1.82, 2.24) is 0 Å². The molecule has 0 saturated carbocycles. The summed E-state index contributed by atoms with van der Waals surface area (Å²) >= 11 is 0. The van der Waals surface area contributed by atoms with Gasteiger partial charge in [-0.05, 0) is 42.0 Å². The first-order valence-electron chi connectivity index (χ1n) is 9.06. The molecule has 2 aromatic carbocycles. The van der Waals surface area contributed by atoms with Gasteiger partial charge >= 0.3 is 0 Å². The molecule has 2 nitrogen and oxygen atoms in total. The third kappa shape index (κ3) is 2.86. The van der Waals surface area contributed by atoms with Gasteiger partial charge in [0.25, 0.3) is 0 Å². The highest BCUT2D eigenvalue weighted by atomic mass is 14.8. The number of para-hydroxylation sites is 1. The lowest BCUT2D eigenvalue weighted by molar-refractivity contribution is 0.662. The van der Waals surface area contributed by atoms with Crippen LogP contribution in [0.3, 0.4) is 0 Å². The number of aliphatic imine (C=N–C) groups is 2. The van der Waals surface area contributed by atoms with Crippen LogP contribution in [-0.4, -0.2) is 18.5 Å². The zero-order valence-corrected chi connectivity index (χ0v) is 15.2. The van der Waals surface area contributed by atoms with Gasteiger partial charge in [0.1, 0.15) is 0 Å². The Morgan fingerprint density at radius 1 is 1.00 bits per heavy atom. The highest BCUT2D eigenvalue weighted by Gasteiger charge is 2.30. The van der Waals surface area contributed by atoms with Crippen molar-refractivity contribution >= 4 is 22.7 Å². The molecule has 0 amide bonds. The maximum absolute atomic E-state index is 5.05. The lowest BCUT2D eigenvalue weighted by Crippen LogP contribution is -2.10. The fourth-order valence-electron chi connectivity index (χ4n) is 4.14. The highest BCUT2D eigenvalue weighted by Crippen LogP contribution is 2.43. The predicted octanol–water partition coefficient (Wildman–Crippen LogP) is 5.64. The Kier molecular flexibility index (Phi) is 4.12. The SMILES string of the molecule is CN=C(C)c1ccccc1N=C1CC2=C(C1)C(C)Cc1ccccc12. The van der Waals surface area contributed by atoms with E-state index in [1.807, 2.05) is 7.05 Å². The van der Waals surface area contributed by atoms with E-state index in [-0.39, 0.29) is 0 Å². The summed E-state index contributed by atoms with van der Waals surface area (Å²) in [5.74, 6) is 0.617. The van der Waals surface area contributed by atoms with Crippen molar-refractivity contribution in [3.63, 3.8) is 0 Å². The number of hydrogen-bond acceptors (Lipinski definition) is 2. The van der Waals surface area contributed by atoms with Gasteiger partial charge in [-0.3, -0.25) is 9.98 Å². The maximum atomic E-state index is 5.05. The minimum Gasteiger partial charge on any atom is -0.293 e. The predicted molar refractivity (Wildman–Crippen MR) is 107 cm³/mol. The van der Waals surface area contributed by atoms with Gasteiger partial charge in [-0.2, -0.15) is 0 Å². The van der Waals surface area contributed by atoms with Crippen LogP contribution in [0.1, 0.15) is 43.4 Å². The van der Waals surface area contributed by atoms with Crippen molar-refractivity contribution in [2.24, 2.45) is 15.9 Å². The fraction of sp³-hybridized carbons (Fsp3) is 0.304. The van der Waals surface area contributed by atoms with Crippen LogP contribution in [-0.2, 0) is 6.42 Å². The van der Waals surface area contributed by atoms with Crippen molar-refractivity contribution in [1.29, 1.82) is 0 Å². The van der Waals surface area contributed by atoms with Gasteiger partial charge in [0.05, 0.1) is 5.69 Å². The van der Waals surface area contributed by atoms with Gasteiger partial charge in [-0.25, -0.2) is 0 Å². The molecule has 1 atom stereocenters. The largest absolute Gasteiger partial charge is 0.293 e. The third-order valence-electron chi connectivity index (χ3n) is 5.53. The molecule has 126 valence electrons. The third-order valence-corrected chi connectivity index (χ3v) is 5.53. The quantitative estimate of drug-likeness (QED) is 0.638. The number of benzene rings is 2. The average molecular weight is 328 g/mol. The number of rotatable bonds is 2. The van der Waals surface area contributed by atoms with Crippen LogP contribution >= 0.6 is 0 Å². The van der Waals surface area contributed by atoms with E-state index in [0.29, 0.717) is 5.92 Å². The summed E-state index contributed by atoms with van der Waals surface area (Å²) in [7, 11) is 1.84. The molecule has 0 fully saturated rings. The summed E-state index contributed by atoms with van der Waals surface area (Å²) in [6.07, 6.45) is 3.15. The smallest absolute Gasteiger partial charge is 0.0719 e. The Bertz CT molecular complexity index is 915. The van der Waals surface area contributed by atoms with E-state index in [9.17, 15) is 0 Å². The maximum Gasteiger partial charge on any atom is 0.0719 e. The van der Waals surface area contributed by atoms with Gasteiger partial charge in [-0.1, -0.05) is 55.0 Å². The molecule has 0 aliphatic heterocycles. The number of hydrogen-bond donors (Lipinski definition) is 0. The molecule has 0 aromatic heterocycles. The van der Waals surface area contributed by atoms with E-state index >= 15 is 0 Å². The van der Waals surface area contributed by atoms with Gasteiger partial charge in [-0.15, -0.1) is 0 Å². The number of fused-ring (bicyclic) bond motifs is 2. The van der Waals surface area contributed by atoms with Crippen LogP contribution in [0.25, 0.3) is 5.57 Å². The van der Waals surface area contributed by atoms with E-state index in [1.54, 1.807) is 5.57 Å². The molecule has 0 radical (unpaired) electrons. The van der Waals surface area contributed by atoms with Crippen molar-refractivity contribution in [3.8, 4) is 0 Å². The van der Waals surface area contributed by atoms with Crippen molar-refractivity contribution in [2.75, 3.05) is 7.05 Å². The van der Waals surface area contributed by atoms with E-state index in [4.69, 9.17) is 4.99 Å². The van der Waals surface area contributed by atoms with Crippen LogP contribution in [0.15, 0.2) is 64.1 Å². The Labute approximate surface area is 150 Å². The lowest BCUT2D eigenvalue weighted by atomic mass is 9.81. The normalized spacial score (nSPS) is 21.5. The highest BCUT2D eigenvalue weighted by molar-refractivity contribution is 6.07. The molecule has 0 heterocycles. The van der Waals surface area contributed by atoms with E-state index in [2.05, 4.69) is 67.4 Å². The van der Waals surface area contributed by atoms with E-state index < -0.39 is 0 Å². The van der Waals surface area contributed by atoms with Gasteiger partial charge in [0.2, 0.25) is 0 Å². The second-order valence-corrected chi connectivity index (χ2v) is 7.12. The standard InChI is InChI=1S/C23H24N2/c1-15-12-17-8-4-5-10-20(17)22-14-18(13-21(15)22)25-23-11-7-6-9-19(23)16(2)24-3/h4-11,15H,12-14H2,1-3H3. The minimum absolute atomic E-state index is 0.617. The first-order chi connectivity index (χ1) is 12.2. The summed E-state index contributed by atoms with van der Waals surface area (Å²) in [5, 5.41) is 0. The Hall–Kier alpha value is -2.48. The monoisotopic (exact) mass is 328 g/mol. The van der Waals surface area contributed by atoms with Crippen molar-refractivity contribution in [2.45, 2.75) is 33.1 Å². The molecule has 2 aliphatic carbocycles. The molecular formula is C23H24N2. The second kappa shape index (κ2) is 6.44. The zero-order chi connectivity index (χ0) is 17.4. The molecule has 0 spiro atoms. The number of nitrogens with zero attached hydrogens (tertiary/aromatic N) is 2. The van der Waals surface area contributed by atoms with Crippen LogP contribution < -0.4 is 0 Å². The summed E-state index contributed by atoms with van der Waals surface area (Å²) in [6.45, 7) is 4.41. The van der Waals surface area contributed by atoms with Gasteiger partial charge in [0, 0.05) is 36.9 Å². The minimum atomic E-state index is 0.617. The summed E-state index contributed by atoms with van der Waals surface area (Å²) in [6, 6.07) is 17.2. The van der Waals surface area contributed by atoms with Crippen LogP contribution in [0, 0.1) is 5.92 Å². The molecule has 0 N–H and O–H groups in total. The first kappa shape index (κ1) is 16.0. The van der Waals surface area contributed by atoms with Crippen LogP contribution in [0.2, 0.25) is 0 Å². The summed E-state index contributed by atoms with van der Waals surface area (Å²) in [4.78, 5) is 9.40. The average Bonchev–Trinajstić information content (AvgIpc) is 3.06. The Morgan fingerprint density at radius 3 is 2.60 bits per heavy atom. The molecule has 2 heteroatoms. The van der Waals surface area contributed by atoms with Crippen LogP contribution in [0.4, 0.5) is 5.69 Å². The summed E-state index contributed by atoms with van der Waals surface area (Å²) < 4.78 is 0. The van der Waals surface area contributed by atoms with Crippen LogP contribution in [0.5, 0.6) is 0 Å². The molecule has 2 aliphatic rings. The van der Waals surface area contributed by atoms with Gasteiger partial charge < -0.3 is 0 Å². The fourth-order valence-corrected chi connectivity index (χ4v) is 4.14. The Balaban J connectivity index is 1.71. The molecule has 25 heavy (non-hydrogen) atoms. The molecule has 2 aromatic rings. The topological polar surface area (TPSA) is 24.7 Å². The molecule has 0 saturated heterocycles. The Morgan fingerprint density at radius 2 is 1.76 bits per heavy atom. The molecule has 4 rings (SSSR count). The van der Waals surface area contributed by atoms with E-state index in [0.717, 1.165) is 36.2 Å². The van der Waals surface area contributed by atoms with Crippen molar-refractivity contribution < 1.29 is 0 Å². The molecular weight excluding hydrogens is 304 g/mol. The van der Waals surface area contributed by atoms with Gasteiger partial charge in [0.15, 0.2) is 0 Å². The first-order valence-corrected chi connectivity index (χ1v) is 9.06. The molecule has 0 bridgehead atoms.